The molecule has 1 heterocycles. The Kier molecular flexibility index (Phi) is 5.00. The summed E-state index contributed by atoms with van der Waals surface area (Å²) in [7, 11) is -3.90. The van der Waals surface area contributed by atoms with Gasteiger partial charge in [-0.15, -0.1) is 0 Å². The molecule has 0 aliphatic heterocycles. The average Bonchev–Trinajstić information content (AvgIpc) is 3.03. The fraction of sp³-hybridized carbons (Fsp3) is 0.158. The number of aryl methyl sites for hydroxylation is 2. The molecule has 3 aromatic rings. The van der Waals surface area contributed by atoms with Crippen molar-refractivity contribution in [3.8, 4) is 0 Å². The van der Waals surface area contributed by atoms with E-state index in [0.717, 1.165) is 11.1 Å². The SMILES string of the molecule is Cc1cc(NS(=O)(=O)c2cccc(C(=O)Nc3cccc(C)c3C)c2)no1. The van der Waals surface area contributed by atoms with Gasteiger partial charge in [-0.25, -0.2) is 8.42 Å². The first-order valence-electron chi connectivity index (χ1n) is 8.20. The minimum absolute atomic E-state index is 0.0447. The number of hydrogen-bond donors (Lipinski definition) is 2. The average molecular weight is 385 g/mol. The second kappa shape index (κ2) is 7.24. The number of benzene rings is 2. The van der Waals surface area contributed by atoms with E-state index in [0.29, 0.717) is 11.4 Å². The number of hydrogen-bond acceptors (Lipinski definition) is 5. The van der Waals surface area contributed by atoms with E-state index >= 15 is 0 Å². The Morgan fingerprint density at radius 1 is 1.04 bits per heavy atom. The summed E-state index contributed by atoms with van der Waals surface area (Å²) in [5.41, 5.74) is 2.92. The van der Waals surface area contributed by atoms with Crippen molar-refractivity contribution < 1.29 is 17.7 Å². The van der Waals surface area contributed by atoms with Crippen LogP contribution in [-0.4, -0.2) is 19.5 Å². The van der Waals surface area contributed by atoms with E-state index < -0.39 is 15.9 Å². The van der Waals surface area contributed by atoms with Gasteiger partial charge in [-0.05, 0) is 56.2 Å². The molecule has 0 unspecified atom stereocenters. The topological polar surface area (TPSA) is 101 Å². The van der Waals surface area contributed by atoms with Gasteiger partial charge in [-0.2, -0.15) is 0 Å². The Morgan fingerprint density at radius 3 is 2.48 bits per heavy atom. The molecule has 0 atom stereocenters. The van der Waals surface area contributed by atoms with E-state index in [9.17, 15) is 13.2 Å². The molecule has 2 N–H and O–H groups in total. The maximum Gasteiger partial charge on any atom is 0.263 e. The molecule has 1 aromatic heterocycles. The van der Waals surface area contributed by atoms with Gasteiger partial charge in [0.15, 0.2) is 5.82 Å². The van der Waals surface area contributed by atoms with Crippen LogP contribution >= 0.6 is 0 Å². The zero-order valence-electron chi connectivity index (χ0n) is 15.1. The molecule has 0 radical (unpaired) electrons. The van der Waals surface area contributed by atoms with Gasteiger partial charge in [0.2, 0.25) is 0 Å². The fourth-order valence-electron chi connectivity index (χ4n) is 2.50. The third-order valence-electron chi connectivity index (χ3n) is 4.13. The number of anilines is 2. The van der Waals surface area contributed by atoms with Crippen LogP contribution in [0.25, 0.3) is 0 Å². The minimum Gasteiger partial charge on any atom is -0.360 e. The minimum atomic E-state index is -3.90. The highest BCUT2D eigenvalue weighted by atomic mass is 32.2. The molecule has 8 heteroatoms. The first kappa shape index (κ1) is 18.7. The van der Waals surface area contributed by atoms with Gasteiger partial charge in [-0.1, -0.05) is 23.4 Å². The number of carbonyl (C=O) groups is 1. The quantitative estimate of drug-likeness (QED) is 0.698. The van der Waals surface area contributed by atoms with Crippen molar-refractivity contribution in [2.45, 2.75) is 25.7 Å². The number of carbonyl (C=O) groups excluding carboxylic acids is 1. The Hall–Kier alpha value is -3.13. The highest BCUT2D eigenvalue weighted by Gasteiger charge is 2.18. The predicted molar refractivity (Wildman–Crippen MR) is 102 cm³/mol. The van der Waals surface area contributed by atoms with Crippen molar-refractivity contribution in [2.75, 3.05) is 10.0 Å². The molecule has 27 heavy (non-hydrogen) atoms. The molecule has 0 bridgehead atoms. The summed E-state index contributed by atoms with van der Waals surface area (Å²) in [6, 6.07) is 12.9. The van der Waals surface area contributed by atoms with Crippen molar-refractivity contribution in [2.24, 2.45) is 0 Å². The smallest absolute Gasteiger partial charge is 0.263 e. The van der Waals surface area contributed by atoms with Crippen LogP contribution in [0.1, 0.15) is 27.2 Å². The molecule has 0 saturated carbocycles. The van der Waals surface area contributed by atoms with Crippen molar-refractivity contribution in [1.29, 1.82) is 0 Å². The summed E-state index contributed by atoms with van der Waals surface area (Å²) in [5, 5.41) is 6.43. The lowest BCUT2D eigenvalue weighted by Gasteiger charge is -2.11. The maximum absolute atomic E-state index is 12.6. The van der Waals surface area contributed by atoms with Gasteiger partial charge >= 0.3 is 0 Å². The van der Waals surface area contributed by atoms with Crippen LogP contribution in [0.2, 0.25) is 0 Å². The standard InChI is InChI=1S/C19H19N3O4S/c1-12-6-4-9-17(14(12)3)20-19(23)15-7-5-8-16(11-15)27(24,25)22-18-10-13(2)26-21-18/h4-11H,1-3H3,(H,20,23)(H,21,22). The molecule has 0 fully saturated rings. The molecule has 0 aliphatic rings. The molecule has 7 nitrogen and oxygen atoms in total. The van der Waals surface area contributed by atoms with Gasteiger partial charge < -0.3 is 9.84 Å². The molecular formula is C19H19N3O4S. The third-order valence-corrected chi connectivity index (χ3v) is 5.48. The summed E-state index contributed by atoms with van der Waals surface area (Å²) in [6.07, 6.45) is 0. The van der Waals surface area contributed by atoms with Crippen molar-refractivity contribution in [3.63, 3.8) is 0 Å². The first-order valence-corrected chi connectivity index (χ1v) is 9.68. The van der Waals surface area contributed by atoms with Crippen LogP contribution in [0.5, 0.6) is 0 Å². The van der Waals surface area contributed by atoms with E-state index in [1.165, 1.54) is 24.3 Å². The van der Waals surface area contributed by atoms with E-state index in [1.54, 1.807) is 19.1 Å². The van der Waals surface area contributed by atoms with Crippen LogP contribution in [0.4, 0.5) is 11.5 Å². The van der Waals surface area contributed by atoms with Gasteiger partial charge in [0.25, 0.3) is 15.9 Å². The largest absolute Gasteiger partial charge is 0.360 e. The lowest BCUT2D eigenvalue weighted by molar-refractivity contribution is 0.102. The number of amides is 1. The van der Waals surface area contributed by atoms with Crippen LogP contribution in [-0.2, 0) is 10.0 Å². The zero-order valence-corrected chi connectivity index (χ0v) is 15.9. The van der Waals surface area contributed by atoms with E-state index in [4.69, 9.17) is 4.52 Å². The van der Waals surface area contributed by atoms with E-state index in [2.05, 4.69) is 15.2 Å². The molecular weight excluding hydrogens is 366 g/mol. The monoisotopic (exact) mass is 385 g/mol. The predicted octanol–water partition coefficient (Wildman–Crippen LogP) is 3.65. The Labute approximate surface area is 157 Å². The highest BCUT2D eigenvalue weighted by molar-refractivity contribution is 7.92. The highest BCUT2D eigenvalue weighted by Crippen LogP contribution is 2.21. The van der Waals surface area contributed by atoms with E-state index in [1.807, 2.05) is 26.0 Å². The summed E-state index contributed by atoms with van der Waals surface area (Å²) in [4.78, 5) is 12.5. The van der Waals surface area contributed by atoms with Crippen molar-refractivity contribution >= 4 is 27.4 Å². The number of sulfonamides is 1. The number of nitrogens with one attached hydrogen (secondary N) is 2. The van der Waals surface area contributed by atoms with Crippen molar-refractivity contribution in [3.05, 3.63) is 71.0 Å². The van der Waals surface area contributed by atoms with Crippen LogP contribution < -0.4 is 10.0 Å². The summed E-state index contributed by atoms with van der Waals surface area (Å²) in [6.45, 7) is 5.52. The van der Waals surface area contributed by atoms with Gasteiger partial charge in [0, 0.05) is 17.3 Å². The van der Waals surface area contributed by atoms with Crippen molar-refractivity contribution in [1.82, 2.24) is 5.16 Å². The van der Waals surface area contributed by atoms with Gasteiger partial charge in [0.1, 0.15) is 5.76 Å². The summed E-state index contributed by atoms with van der Waals surface area (Å²) in [5.74, 6) is 0.171. The van der Waals surface area contributed by atoms with Crippen LogP contribution in [0, 0.1) is 20.8 Å². The molecule has 0 aliphatic carbocycles. The number of nitrogens with zero attached hydrogens (tertiary/aromatic N) is 1. The second-order valence-electron chi connectivity index (χ2n) is 6.16. The molecule has 0 saturated heterocycles. The lowest BCUT2D eigenvalue weighted by atomic mass is 10.1. The lowest BCUT2D eigenvalue weighted by Crippen LogP contribution is -2.16. The Bertz CT molecular complexity index is 1100. The Balaban J connectivity index is 1.84. The molecule has 1 amide bonds. The maximum atomic E-state index is 12.6. The first-order chi connectivity index (χ1) is 12.8. The normalized spacial score (nSPS) is 11.2. The van der Waals surface area contributed by atoms with E-state index in [-0.39, 0.29) is 16.3 Å². The third kappa shape index (κ3) is 4.17. The molecule has 140 valence electrons. The van der Waals surface area contributed by atoms with Gasteiger partial charge in [-0.3, -0.25) is 9.52 Å². The Morgan fingerprint density at radius 2 is 1.78 bits per heavy atom. The molecule has 0 spiro atoms. The fourth-order valence-corrected chi connectivity index (χ4v) is 3.53. The molecule has 2 aromatic carbocycles. The number of aromatic nitrogens is 1. The molecule has 3 rings (SSSR count). The van der Waals surface area contributed by atoms with Crippen LogP contribution in [0.3, 0.4) is 0 Å². The zero-order chi connectivity index (χ0) is 19.6. The second-order valence-corrected chi connectivity index (χ2v) is 7.84. The van der Waals surface area contributed by atoms with Gasteiger partial charge in [0.05, 0.1) is 4.90 Å². The summed E-state index contributed by atoms with van der Waals surface area (Å²) >= 11 is 0. The number of rotatable bonds is 5. The van der Waals surface area contributed by atoms with Crippen LogP contribution in [0.15, 0.2) is 57.9 Å². The summed E-state index contributed by atoms with van der Waals surface area (Å²) < 4.78 is 32.2.